The summed E-state index contributed by atoms with van der Waals surface area (Å²) in [6.07, 6.45) is 1.78. The molecule has 0 aliphatic carbocycles. The number of aromatic nitrogens is 3. The number of aromatic amines is 1. The zero-order valence-electron chi connectivity index (χ0n) is 10.5. The maximum absolute atomic E-state index is 4.57. The number of rotatable bonds is 2. The highest BCUT2D eigenvalue weighted by atomic mass is 14.9. The lowest BCUT2D eigenvalue weighted by Gasteiger charge is -2.03. The second-order valence-electron chi connectivity index (χ2n) is 4.73. The molecule has 0 radical (unpaired) electrons. The molecule has 18 heavy (non-hydrogen) atoms. The number of H-pyrrole nitrogens is 1. The minimum absolute atomic E-state index is 0.524. The Balaban J connectivity index is 2.11. The van der Waals surface area contributed by atoms with Gasteiger partial charge in [0.05, 0.1) is 11.0 Å². The van der Waals surface area contributed by atoms with Gasteiger partial charge >= 0.3 is 0 Å². The molecule has 0 bridgehead atoms. The van der Waals surface area contributed by atoms with Gasteiger partial charge in [0, 0.05) is 6.20 Å². The normalized spacial score (nSPS) is 11.3. The van der Waals surface area contributed by atoms with Crippen LogP contribution in [0.1, 0.15) is 25.3 Å². The topological polar surface area (TPSA) is 41.6 Å². The van der Waals surface area contributed by atoms with Gasteiger partial charge in [0.2, 0.25) is 0 Å². The molecule has 1 N–H and O–H groups in total. The fraction of sp³-hybridized carbons (Fsp3) is 0.200. The van der Waals surface area contributed by atoms with Crippen LogP contribution in [-0.2, 0) is 0 Å². The van der Waals surface area contributed by atoms with Crippen LogP contribution in [0, 0.1) is 0 Å². The van der Waals surface area contributed by atoms with E-state index in [0.29, 0.717) is 5.92 Å². The SMILES string of the molecule is CC(C)c1ccc2nc(-c3ccccn3)[nH]c2c1. The molecule has 3 nitrogen and oxygen atoms in total. The number of nitrogens with zero attached hydrogens (tertiary/aromatic N) is 2. The van der Waals surface area contributed by atoms with E-state index >= 15 is 0 Å². The molecule has 0 spiro atoms. The minimum Gasteiger partial charge on any atom is -0.337 e. The number of hydrogen-bond acceptors (Lipinski definition) is 2. The van der Waals surface area contributed by atoms with Crippen molar-refractivity contribution in [1.82, 2.24) is 15.0 Å². The second-order valence-corrected chi connectivity index (χ2v) is 4.73. The predicted octanol–water partition coefficient (Wildman–Crippen LogP) is 3.75. The standard InChI is InChI=1S/C15H15N3/c1-10(2)11-6-7-12-14(9-11)18-15(17-12)13-5-3-4-8-16-13/h3-10H,1-2H3,(H,17,18). The van der Waals surface area contributed by atoms with Crippen LogP contribution in [-0.4, -0.2) is 15.0 Å². The summed E-state index contributed by atoms with van der Waals surface area (Å²) in [6, 6.07) is 12.2. The van der Waals surface area contributed by atoms with Gasteiger partial charge in [0.1, 0.15) is 5.69 Å². The Morgan fingerprint density at radius 2 is 2.00 bits per heavy atom. The molecule has 0 fully saturated rings. The van der Waals surface area contributed by atoms with Crippen LogP contribution < -0.4 is 0 Å². The van der Waals surface area contributed by atoms with Gasteiger partial charge in [-0.3, -0.25) is 4.98 Å². The number of imidazole rings is 1. The van der Waals surface area contributed by atoms with Crippen molar-refractivity contribution in [1.29, 1.82) is 0 Å². The van der Waals surface area contributed by atoms with Gasteiger partial charge in [-0.2, -0.15) is 0 Å². The summed E-state index contributed by atoms with van der Waals surface area (Å²) in [5.41, 5.74) is 4.25. The molecule has 90 valence electrons. The van der Waals surface area contributed by atoms with Crippen LogP contribution in [0.5, 0.6) is 0 Å². The summed E-state index contributed by atoms with van der Waals surface area (Å²) in [5.74, 6) is 1.35. The maximum atomic E-state index is 4.57. The van der Waals surface area contributed by atoms with E-state index in [1.165, 1.54) is 5.56 Å². The summed E-state index contributed by atoms with van der Waals surface area (Å²) < 4.78 is 0. The number of nitrogens with one attached hydrogen (secondary N) is 1. The Kier molecular flexibility index (Phi) is 2.59. The molecule has 1 aromatic carbocycles. The van der Waals surface area contributed by atoms with E-state index in [9.17, 15) is 0 Å². The molecule has 0 atom stereocenters. The van der Waals surface area contributed by atoms with Gasteiger partial charge in [-0.05, 0) is 35.7 Å². The molecule has 0 saturated heterocycles. The third kappa shape index (κ3) is 1.88. The summed E-state index contributed by atoms with van der Waals surface area (Å²) >= 11 is 0. The van der Waals surface area contributed by atoms with Crippen LogP contribution in [0.2, 0.25) is 0 Å². The van der Waals surface area contributed by atoms with Gasteiger partial charge in [0.25, 0.3) is 0 Å². The third-order valence-corrected chi connectivity index (χ3v) is 3.08. The monoisotopic (exact) mass is 237 g/mol. The predicted molar refractivity (Wildman–Crippen MR) is 73.4 cm³/mol. The van der Waals surface area contributed by atoms with Crippen LogP contribution in [0.4, 0.5) is 0 Å². The molecule has 3 heteroatoms. The van der Waals surface area contributed by atoms with Crippen LogP contribution in [0.15, 0.2) is 42.6 Å². The van der Waals surface area contributed by atoms with E-state index in [1.807, 2.05) is 18.2 Å². The summed E-state index contributed by atoms with van der Waals surface area (Å²) in [4.78, 5) is 12.2. The highest BCUT2D eigenvalue weighted by Crippen LogP contribution is 2.22. The zero-order chi connectivity index (χ0) is 12.5. The number of fused-ring (bicyclic) bond motifs is 1. The summed E-state index contributed by atoms with van der Waals surface area (Å²) in [5, 5.41) is 0. The number of hydrogen-bond donors (Lipinski definition) is 1. The number of pyridine rings is 1. The zero-order valence-corrected chi connectivity index (χ0v) is 10.5. The lowest BCUT2D eigenvalue weighted by atomic mass is 10.0. The van der Waals surface area contributed by atoms with Gasteiger partial charge < -0.3 is 4.98 Å². The van der Waals surface area contributed by atoms with Crippen molar-refractivity contribution in [3.05, 3.63) is 48.2 Å². The molecular weight excluding hydrogens is 222 g/mol. The fourth-order valence-corrected chi connectivity index (χ4v) is 2.01. The molecule has 2 aromatic heterocycles. The largest absolute Gasteiger partial charge is 0.337 e. The van der Waals surface area contributed by atoms with E-state index in [4.69, 9.17) is 0 Å². The van der Waals surface area contributed by atoms with Gasteiger partial charge in [-0.25, -0.2) is 4.98 Å². The Morgan fingerprint density at radius 3 is 2.72 bits per heavy atom. The molecule has 0 amide bonds. The first kappa shape index (κ1) is 11.0. The molecule has 0 aliphatic heterocycles. The quantitative estimate of drug-likeness (QED) is 0.737. The average Bonchev–Trinajstić information content (AvgIpc) is 2.82. The number of benzene rings is 1. The molecule has 3 aromatic rings. The Hall–Kier alpha value is -2.16. The lowest BCUT2D eigenvalue weighted by molar-refractivity contribution is 0.868. The van der Waals surface area contributed by atoms with Gasteiger partial charge in [-0.1, -0.05) is 26.0 Å². The lowest BCUT2D eigenvalue weighted by Crippen LogP contribution is -1.85. The first-order valence-corrected chi connectivity index (χ1v) is 6.15. The Bertz CT molecular complexity index is 669. The molecule has 0 saturated carbocycles. The van der Waals surface area contributed by atoms with Crippen molar-refractivity contribution in [3.63, 3.8) is 0 Å². The first-order chi connectivity index (χ1) is 8.74. The van der Waals surface area contributed by atoms with Gasteiger partial charge in [0.15, 0.2) is 5.82 Å². The van der Waals surface area contributed by atoms with Crippen molar-refractivity contribution >= 4 is 11.0 Å². The molecule has 0 unspecified atom stereocenters. The Labute approximate surface area is 106 Å². The van der Waals surface area contributed by atoms with Gasteiger partial charge in [-0.15, -0.1) is 0 Å². The fourth-order valence-electron chi connectivity index (χ4n) is 2.01. The second kappa shape index (κ2) is 4.26. The third-order valence-electron chi connectivity index (χ3n) is 3.08. The van der Waals surface area contributed by atoms with Crippen LogP contribution in [0.3, 0.4) is 0 Å². The van der Waals surface area contributed by atoms with E-state index < -0.39 is 0 Å². The Morgan fingerprint density at radius 1 is 1.11 bits per heavy atom. The summed E-state index contributed by atoms with van der Waals surface area (Å²) in [7, 11) is 0. The minimum atomic E-state index is 0.524. The first-order valence-electron chi connectivity index (χ1n) is 6.15. The van der Waals surface area contributed by atoms with Crippen molar-refractivity contribution in [2.45, 2.75) is 19.8 Å². The maximum Gasteiger partial charge on any atom is 0.157 e. The van der Waals surface area contributed by atoms with E-state index in [2.05, 4.69) is 47.0 Å². The molecule has 0 aliphatic rings. The van der Waals surface area contributed by atoms with Crippen molar-refractivity contribution in [2.24, 2.45) is 0 Å². The smallest absolute Gasteiger partial charge is 0.157 e. The molecular formula is C15H15N3. The van der Waals surface area contributed by atoms with Crippen molar-refractivity contribution in [2.75, 3.05) is 0 Å². The van der Waals surface area contributed by atoms with E-state index in [1.54, 1.807) is 6.20 Å². The van der Waals surface area contributed by atoms with Crippen LogP contribution in [0.25, 0.3) is 22.6 Å². The van der Waals surface area contributed by atoms with Crippen LogP contribution >= 0.6 is 0 Å². The highest BCUT2D eigenvalue weighted by Gasteiger charge is 2.07. The molecule has 3 rings (SSSR count). The van der Waals surface area contributed by atoms with E-state index in [0.717, 1.165) is 22.6 Å². The van der Waals surface area contributed by atoms with Crippen molar-refractivity contribution < 1.29 is 0 Å². The molecule has 2 heterocycles. The van der Waals surface area contributed by atoms with E-state index in [-0.39, 0.29) is 0 Å². The average molecular weight is 237 g/mol. The highest BCUT2D eigenvalue weighted by molar-refractivity contribution is 5.79. The van der Waals surface area contributed by atoms with Crippen molar-refractivity contribution in [3.8, 4) is 11.5 Å². The summed E-state index contributed by atoms with van der Waals surface area (Å²) in [6.45, 7) is 4.38.